The van der Waals surface area contributed by atoms with Gasteiger partial charge >= 0.3 is 0 Å². The normalized spacial score (nSPS) is 28.6. The van der Waals surface area contributed by atoms with Gasteiger partial charge in [-0.25, -0.2) is 0 Å². The third-order valence-corrected chi connectivity index (χ3v) is 10.2. The van der Waals surface area contributed by atoms with Crippen molar-refractivity contribution in [2.24, 2.45) is 22.7 Å². The first-order chi connectivity index (χ1) is 19.3. The largest absolute Gasteiger partial charge is 0.485 e. The number of fused-ring (bicyclic) bond motifs is 5. The average molecular weight is 558 g/mol. The number of benzene rings is 3. The van der Waals surface area contributed by atoms with Gasteiger partial charge in [0.1, 0.15) is 13.2 Å². The quantitative estimate of drug-likeness (QED) is 0.265. The van der Waals surface area contributed by atoms with E-state index in [1.165, 1.54) is 12.8 Å². The summed E-state index contributed by atoms with van der Waals surface area (Å²) in [5, 5.41) is 10.5. The minimum absolute atomic E-state index is 0.141. The zero-order valence-electron chi connectivity index (χ0n) is 23.3. The Balaban J connectivity index is 1.22. The van der Waals surface area contributed by atoms with Gasteiger partial charge in [-0.15, -0.1) is 0 Å². The summed E-state index contributed by atoms with van der Waals surface area (Å²) in [7, 11) is 0. The van der Waals surface area contributed by atoms with Crippen molar-refractivity contribution < 1.29 is 18.9 Å². The van der Waals surface area contributed by atoms with Gasteiger partial charge in [0.25, 0.3) is 0 Å². The Morgan fingerprint density at radius 3 is 2.25 bits per heavy atom. The van der Waals surface area contributed by atoms with Crippen LogP contribution in [0.4, 0.5) is 0 Å². The van der Waals surface area contributed by atoms with Crippen LogP contribution in [0.5, 0.6) is 11.5 Å². The van der Waals surface area contributed by atoms with Gasteiger partial charge in [0.15, 0.2) is 23.9 Å². The molecule has 1 aliphatic heterocycles. The summed E-state index contributed by atoms with van der Waals surface area (Å²) in [5.74, 6) is 2.02. The molecule has 3 aromatic carbocycles. The van der Waals surface area contributed by atoms with Gasteiger partial charge in [0, 0.05) is 12.0 Å². The molecule has 6 rings (SSSR count). The van der Waals surface area contributed by atoms with Crippen LogP contribution in [0.1, 0.15) is 62.8 Å². The summed E-state index contributed by atoms with van der Waals surface area (Å²) >= 11 is 6.77. The van der Waals surface area contributed by atoms with Crippen LogP contribution in [0.2, 0.25) is 5.02 Å². The molecule has 40 heavy (non-hydrogen) atoms. The fourth-order valence-corrected chi connectivity index (χ4v) is 7.63. The predicted octanol–water partition coefficient (Wildman–Crippen LogP) is 8.27. The number of halogens is 1. The molecule has 2 saturated carbocycles. The van der Waals surface area contributed by atoms with E-state index in [0.717, 1.165) is 17.5 Å². The molecule has 5 nitrogen and oxygen atoms in total. The van der Waals surface area contributed by atoms with Crippen molar-refractivity contribution in [1.82, 2.24) is 0 Å². The van der Waals surface area contributed by atoms with E-state index in [0.29, 0.717) is 47.1 Å². The second-order valence-corrected chi connectivity index (χ2v) is 12.6. The van der Waals surface area contributed by atoms with Crippen molar-refractivity contribution in [3.63, 3.8) is 0 Å². The number of hydrogen-bond acceptors (Lipinski definition) is 5. The molecule has 0 N–H and O–H groups in total. The molecule has 0 aromatic heterocycles. The summed E-state index contributed by atoms with van der Waals surface area (Å²) in [4.78, 5) is 0. The SMILES string of the molecule is CC1(C)[C@@H]2CC[C@@]1(C)[C@@H]1O[C@@H](O[C@@H](C#N)c3cc(Cl)c(OCc4ccccc4)c(OCc4ccccc4)c3)C[C@H]21. The van der Waals surface area contributed by atoms with E-state index in [-0.39, 0.29) is 16.9 Å². The van der Waals surface area contributed by atoms with Crippen LogP contribution in [0.3, 0.4) is 0 Å². The molecule has 0 unspecified atom stereocenters. The molecule has 0 radical (unpaired) electrons. The molecule has 2 aliphatic carbocycles. The van der Waals surface area contributed by atoms with Crippen LogP contribution in [0.15, 0.2) is 72.8 Å². The van der Waals surface area contributed by atoms with Gasteiger partial charge in [0.2, 0.25) is 0 Å². The molecule has 6 atom stereocenters. The molecule has 3 aromatic rings. The van der Waals surface area contributed by atoms with Crippen molar-refractivity contribution >= 4 is 11.6 Å². The van der Waals surface area contributed by atoms with Gasteiger partial charge in [-0.05, 0) is 58.8 Å². The molecule has 0 amide bonds. The van der Waals surface area contributed by atoms with Crippen molar-refractivity contribution in [2.45, 2.75) is 71.7 Å². The lowest BCUT2D eigenvalue weighted by atomic mass is 9.70. The number of rotatable bonds is 9. The summed E-state index contributed by atoms with van der Waals surface area (Å²) in [6, 6.07) is 25.7. The van der Waals surface area contributed by atoms with E-state index in [2.05, 4.69) is 26.8 Å². The average Bonchev–Trinajstić information content (AvgIpc) is 3.53. The van der Waals surface area contributed by atoms with Crippen LogP contribution in [0, 0.1) is 34.0 Å². The summed E-state index contributed by atoms with van der Waals surface area (Å²) in [6.07, 6.45) is 2.15. The third kappa shape index (κ3) is 4.77. The molecule has 2 bridgehead atoms. The van der Waals surface area contributed by atoms with Gasteiger partial charge in [0.05, 0.1) is 17.2 Å². The summed E-state index contributed by atoms with van der Waals surface area (Å²) in [6.45, 7) is 7.83. The molecule has 3 aliphatic rings. The fourth-order valence-electron chi connectivity index (χ4n) is 7.36. The highest BCUT2D eigenvalue weighted by Gasteiger charge is 2.69. The first kappa shape index (κ1) is 27.1. The fraction of sp³-hybridized carbons (Fsp3) is 0.441. The van der Waals surface area contributed by atoms with Crippen LogP contribution in [0.25, 0.3) is 0 Å². The maximum atomic E-state index is 10.2. The monoisotopic (exact) mass is 557 g/mol. The summed E-state index contributed by atoms with van der Waals surface area (Å²) in [5.41, 5.74) is 3.06. The zero-order chi connectivity index (χ0) is 27.9. The van der Waals surface area contributed by atoms with Gasteiger partial charge < -0.3 is 18.9 Å². The highest BCUT2D eigenvalue weighted by molar-refractivity contribution is 6.32. The minimum atomic E-state index is -0.845. The number of ether oxygens (including phenoxy) is 4. The van der Waals surface area contributed by atoms with E-state index in [9.17, 15) is 5.26 Å². The Kier molecular flexibility index (Phi) is 7.29. The first-order valence-electron chi connectivity index (χ1n) is 14.2. The lowest BCUT2D eigenvalue weighted by Gasteiger charge is -2.38. The molecule has 1 saturated heterocycles. The number of nitrogens with zero attached hydrogens (tertiary/aromatic N) is 1. The predicted molar refractivity (Wildman–Crippen MR) is 154 cm³/mol. The number of hydrogen-bond donors (Lipinski definition) is 0. The smallest absolute Gasteiger partial charge is 0.180 e. The lowest BCUT2D eigenvalue weighted by molar-refractivity contribution is -0.177. The van der Waals surface area contributed by atoms with Crippen molar-refractivity contribution in [1.29, 1.82) is 5.26 Å². The summed E-state index contributed by atoms with van der Waals surface area (Å²) < 4.78 is 25.2. The maximum Gasteiger partial charge on any atom is 0.180 e. The highest BCUT2D eigenvalue weighted by Crippen LogP contribution is 2.71. The van der Waals surface area contributed by atoms with Gasteiger partial charge in [-0.1, -0.05) is 93.0 Å². The Hall–Kier alpha value is -3.04. The third-order valence-electron chi connectivity index (χ3n) is 9.87. The minimum Gasteiger partial charge on any atom is -0.485 e. The van der Waals surface area contributed by atoms with Crippen LogP contribution < -0.4 is 9.47 Å². The highest BCUT2D eigenvalue weighted by atomic mass is 35.5. The Morgan fingerprint density at radius 1 is 0.975 bits per heavy atom. The zero-order valence-corrected chi connectivity index (χ0v) is 24.1. The number of nitriles is 1. The second-order valence-electron chi connectivity index (χ2n) is 12.2. The van der Waals surface area contributed by atoms with E-state index in [1.807, 2.05) is 66.7 Å². The van der Waals surface area contributed by atoms with Crippen molar-refractivity contribution in [2.75, 3.05) is 0 Å². The van der Waals surface area contributed by atoms with E-state index >= 15 is 0 Å². The van der Waals surface area contributed by atoms with Crippen molar-refractivity contribution in [3.05, 3.63) is 94.5 Å². The van der Waals surface area contributed by atoms with E-state index in [4.69, 9.17) is 30.5 Å². The second kappa shape index (κ2) is 10.7. The first-order valence-corrected chi connectivity index (χ1v) is 14.6. The van der Waals surface area contributed by atoms with Crippen LogP contribution in [-0.2, 0) is 22.7 Å². The molecule has 0 spiro atoms. The maximum absolute atomic E-state index is 10.2. The molecule has 208 valence electrons. The Morgan fingerprint density at radius 2 is 1.62 bits per heavy atom. The lowest BCUT2D eigenvalue weighted by Crippen LogP contribution is -2.38. The standard InChI is InChI=1S/C34H36ClNO4/c1-33(2)26-14-15-34(33,3)32-25(26)18-30(40-32)39-29(19-36)24-16-27(35)31(38-21-23-12-8-5-9-13-23)28(17-24)37-20-22-10-6-4-7-11-22/h4-13,16-17,25-26,29-30,32H,14-15,18,20-21H2,1-3H3/t25-,26-,29+,30-,32-,34+/m1/s1. The van der Waals surface area contributed by atoms with Crippen LogP contribution in [-0.4, -0.2) is 12.4 Å². The Labute approximate surface area is 242 Å². The molecular formula is C34H36ClNO4. The molecule has 1 heterocycles. The van der Waals surface area contributed by atoms with E-state index in [1.54, 1.807) is 6.07 Å². The van der Waals surface area contributed by atoms with Crippen molar-refractivity contribution in [3.8, 4) is 17.6 Å². The topological polar surface area (TPSA) is 60.7 Å². The molecular weight excluding hydrogens is 522 g/mol. The van der Waals surface area contributed by atoms with Gasteiger partial charge in [-0.3, -0.25) is 0 Å². The Bertz CT molecular complexity index is 1390. The van der Waals surface area contributed by atoms with E-state index < -0.39 is 12.4 Å². The molecule has 6 heteroatoms. The van der Waals surface area contributed by atoms with Gasteiger partial charge in [-0.2, -0.15) is 5.26 Å². The molecule has 3 fully saturated rings. The van der Waals surface area contributed by atoms with Crippen LogP contribution >= 0.6 is 11.6 Å².